The maximum Gasteiger partial charge on any atom is 0.308 e. The van der Waals surface area contributed by atoms with E-state index in [1.54, 1.807) is 6.26 Å². The Morgan fingerprint density at radius 3 is 2.88 bits per heavy atom. The van der Waals surface area contributed by atoms with Crippen LogP contribution in [0.25, 0.3) is 11.0 Å². The molecule has 16 heavy (non-hydrogen) atoms. The number of halogens is 1. The molecule has 0 atom stereocenters. The summed E-state index contributed by atoms with van der Waals surface area (Å²) in [7, 11) is 0. The molecule has 0 aliphatic rings. The summed E-state index contributed by atoms with van der Waals surface area (Å²) in [4.78, 5) is 11.0. The molecule has 4 heteroatoms. The standard InChI is InChI=1S/C12H11BrO3/c1-3-8-4-10-12(9(13)6-15-10)11(5-8)16-7(2)14/h4-6H,3H2,1-2H3. The molecule has 0 N–H and O–H groups in total. The SMILES string of the molecule is CCc1cc(OC(C)=O)c2c(Br)coc2c1. The van der Waals surface area contributed by atoms with Crippen molar-refractivity contribution < 1.29 is 13.9 Å². The minimum absolute atomic E-state index is 0.331. The van der Waals surface area contributed by atoms with E-state index in [0.29, 0.717) is 5.75 Å². The molecule has 0 saturated carbocycles. The molecule has 0 aliphatic heterocycles. The third kappa shape index (κ3) is 1.97. The molecule has 1 heterocycles. The summed E-state index contributed by atoms with van der Waals surface area (Å²) in [6, 6.07) is 3.82. The highest BCUT2D eigenvalue weighted by molar-refractivity contribution is 9.10. The number of rotatable bonds is 2. The lowest BCUT2D eigenvalue weighted by Gasteiger charge is -2.05. The van der Waals surface area contributed by atoms with Crippen molar-refractivity contribution in [3.63, 3.8) is 0 Å². The first-order valence-corrected chi connectivity index (χ1v) is 5.79. The van der Waals surface area contributed by atoms with Crippen LogP contribution in [0.15, 0.2) is 27.3 Å². The molecule has 2 aromatic rings. The number of benzene rings is 1. The quantitative estimate of drug-likeness (QED) is 0.623. The topological polar surface area (TPSA) is 39.4 Å². The van der Waals surface area contributed by atoms with Crippen LogP contribution in [0.2, 0.25) is 0 Å². The summed E-state index contributed by atoms with van der Waals surface area (Å²) >= 11 is 3.37. The van der Waals surface area contributed by atoms with E-state index < -0.39 is 0 Å². The Labute approximate surface area is 102 Å². The second-order valence-electron chi connectivity index (χ2n) is 3.50. The van der Waals surface area contributed by atoms with Crippen molar-refractivity contribution in [3.8, 4) is 5.75 Å². The molecule has 0 amide bonds. The van der Waals surface area contributed by atoms with Gasteiger partial charge in [0.15, 0.2) is 0 Å². The minimum atomic E-state index is -0.331. The van der Waals surface area contributed by atoms with Gasteiger partial charge in [0.2, 0.25) is 0 Å². The monoisotopic (exact) mass is 282 g/mol. The van der Waals surface area contributed by atoms with Crippen LogP contribution < -0.4 is 4.74 Å². The number of hydrogen-bond donors (Lipinski definition) is 0. The maximum absolute atomic E-state index is 11.0. The molecule has 0 spiro atoms. The second-order valence-corrected chi connectivity index (χ2v) is 4.35. The first-order valence-electron chi connectivity index (χ1n) is 5.00. The summed E-state index contributed by atoms with van der Waals surface area (Å²) in [5, 5.41) is 0.799. The van der Waals surface area contributed by atoms with Gasteiger partial charge >= 0.3 is 5.97 Å². The van der Waals surface area contributed by atoms with Gasteiger partial charge < -0.3 is 9.15 Å². The van der Waals surface area contributed by atoms with E-state index in [9.17, 15) is 4.79 Å². The largest absolute Gasteiger partial charge is 0.463 e. The lowest BCUT2D eigenvalue weighted by molar-refractivity contribution is -0.131. The average Bonchev–Trinajstić information content (AvgIpc) is 2.59. The predicted octanol–water partition coefficient (Wildman–Crippen LogP) is 3.68. The molecule has 84 valence electrons. The number of esters is 1. The van der Waals surface area contributed by atoms with Crippen LogP contribution in [0, 0.1) is 0 Å². The smallest absolute Gasteiger partial charge is 0.308 e. The molecule has 3 nitrogen and oxygen atoms in total. The van der Waals surface area contributed by atoms with Crippen LogP contribution in [0.3, 0.4) is 0 Å². The highest BCUT2D eigenvalue weighted by Gasteiger charge is 2.13. The van der Waals surface area contributed by atoms with Crippen molar-refractivity contribution in [1.82, 2.24) is 0 Å². The summed E-state index contributed by atoms with van der Waals surface area (Å²) < 4.78 is 11.3. The zero-order valence-corrected chi connectivity index (χ0v) is 10.6. The first-order chi connectivity index (χ1) is 7.61. The second kappa shape index (κ2) is 4.29. The molecular formula is C12H11BrO3. The van der Waals surface area contributed by atoms with E-state index in [0.717, 1.165) is 27.4 Å². The number of fused-ring (bicyclic) bond motifs is 1. The average molecular weight is 283 g/mol. The normalized spacial score (nSPS) is 10.7. The predicted molar refractivity (Wildman–Crippen MR) is 64.6 cm³/mol. The van der Waals surface area contributed by atoms with E-state index in [-0.39, 0.29) is 5.97 Å². The number of furan rings is 1. The molecule has 0 bridgehead atoms. The summed E-state index contributed by atoms with van der Waals surface area (Å²) in [6.07, 6.45) is 2.46. The fraction of sp³-hybridized carbons (Fsp3) is 0.250. The maximum atomic E-state index is 11.0. The molecule has 0 unspecified atom stereocenters. The number of hydrogen-bond acceptors (Lipinski definition) is 3. The summed E-state index contributed by atoms with van der Waals surface area (Å²) in [5.74, 6) is 0.213. The highest BCUT2D eigenvalue weighted by Crippen LogP contribution is 2.35. The fourth-order valence-corrected chi connectivity index (χ4v) is 2.07. The zero-order chi connectivity index (χ0) is 11.7. The molecular weight excluding hydrogens is 272 g/mol. The molecule has 0 saturated heterocycles. The molecule has 0 aliphatic carbocycles. The number of carbonyl (C=O) groups excluding carboxylic acids is 1. The van der Waals surface area contributed by atoms with Gasteiger partial charge in [-0.05, 0) is 40.0 Å². The van der Waals surface area contributed by atoms with Crippen LogP contribution >= 0.6 is 15.9 Å². The first kappa shape index (κ1) is 11.2. The Bertz CT molecular complexity index is 542. The third-order valence-corrected chi connectivity index (χ3v) is 2.90. The fourth-order valence-electron chi connectivity index (χ4n) is 1.59. The molecule has 1 aromatic heterocycles. The van der Waals surface area contributed by atoms with Crippen LogP contribution in [0.4, 0.5) is 0 Å². The van der Waals surface area contributed by atoms with Gasteiger partial charge in [-0.2, -0.15) is 0 Å². The van der Waals surface area contributed by atoms with Crippen molar-refractivity contribution in [3.05, 3.63) is 28.4 Å². The van der Waals surface area contributed by atoms with Gasteiger partial charge in [0.05, 0.1) is 9.86 Å². The van der Waals surface area contributed by atoms with E-state index in [1.807, 2.05) is 19.1 Å². The number of ether oxygens (including phenoxy) is 1. The van der Waals surface area contributed by atoms with Crippen LogP contribution in [-0.4, -0.2) is 5.97 Å². The number of aryl methyl sites for hydroxylation is 1. The molecule has 0 radical (unpaired) electrons. The number of carbonyl (C=O) groups is 1. The lowest BCUT2D eigenvalue weighted by atomic mass is 10.1. The van der Waals surface area contributed by atoms with E-state index >= 15 is 0 Å². The lowest BCUT2D eigenvalue weighted by Crippen LogP contribution is -2.02. The van der Waals surface area contributed by atoms with Crippen molar-refractivity contribution in [1.29, 1.82) is 0 Å². The van der Waals surface area contributed by atoms with Crippen molar-refractivity contribution in [2.24, 2.45) is 0 Å². The highest BCUT2D eigenvalue weighted by atomic mass is 79.9. The van der Waals surface area contributed by atoms with Gasteiger partial charge in [0.1, 0.15) is 17.6 Å². The van der Waals surface area contributed by atoms with Crippen LogP contribution in [-0.2, 0) is 11.2 Å². The van der Waals surface area contributed by atoms with Gasteiger partial charge in [-0.3, -0.25) is 4.79 Å². The van der Waals surface area contributed by atoms with Crippen LogP contribution in [0.5, 0.6) is 5.75 Å². The van der Waals surface area contributed by atoms with E-state index in [4.69, 9.17) is 9.15 Å². The van der Waals surface area contributed by atoms with Gasteiger partial charge in [0.25, 0.3) is 0 Å². The minimum Gasteiger partial charge on any atom is -0.463 e. The van der Waals surface area contributed by atoms with Crippen LogP contribution in [0.1, 0.15) is 19.4 Å². The van der Waals surface area contributed by atoms with Gasteiger partial charge in [0, 0.05) is 6.92 Å². The molecule has 1 aromatic carbocycles. The van der Waals surface area contributed by atoms with Gasteiger partial charge in [-0.15, -0.1) is 0 Å². The Morgan fingerprint density at radius 2 is 2.25 bits per heavy atom. The van der Waals surface area contributed by atoms with Crippen molar-refractivity contribution >= 4 is 32.9 Å². The Kier molecular flexibility index (Phi) is 3.01. The molecule has 2 rings (SSSR count). The van der Waals surface area contributed by atoms with E-state index in [2.05, 4.69) is 15.9 Å². The summed E-state index contributed by atoms with van der Waals surface area (Å²) in [6.45, 7) is 3.43. The Hall–Kier alpha value is -1.29. The van der Waals surface area contributed by atoms with Gasteiger partial charge in [-0.25, -0.2) is 0 Å². The zero-order valence-electron chi connectivity index (χ0n) is 9.04. The van der Waals surface area contributed by atoms with Gasteiger partial charge in [-0.1, -0.05) is 6.92 Å². The van der Waals surface area contributed by atoms with Crippen molar-refractivity contribution in [2.75, 3.05) is 0 Å². The third-order valence-electron chi connectivity index (χ3n) is 2.32. The van der Waals surface area contributed by atoms with Crippen molar-refractivity contribution in [2.45, 2.75) is 20.3 Å². The summed E-state index contributed by atoms with van der Waals surface area (Å²) in [5.41, 5.74) is 1.80. The Morgan fingerprint density at radius 1 is 1.50 bits per heavy atom. The Balaban J connectivity index is 2.66. The van der Waals surface area contributed by atoms with E-state index in [1.165, 1.54) is 6.92 Å². The molecule has 0 fully saturated rings.